The molecule has 0 atom stereocenters. The summed E-state index contributed by atoms with van der Waals surface area (Å²) in [4.78, 5) is 30.7. The topological polar surface area (TPSA) is 92.2 Å². The quantitative estimate of drug-likeness (QED) is 0.749. The standard InChI is InChI=1S/C16H13N3O3S/c20-14(18-8-15(21)22)6-11-9-23-16(19-11)12-3-1-2-10-4-5-17-7-13(10)12/h1-5,7,9H,6,8H2,(H,18,20)(H,21,22). The third-order valence-corrected chi connectivity index (χ3v) is 4.17. The molecule has 0 saturated carbocycles. The van der Waals surface area contributed by atoms with Gasteiger partial charge in [0.25, 0.3) is 0 Å². The number of hydrogen-bond donors (Lipinski definition) is 2. The van der Waals surface area contributed by atoms with Gasteiger partial charge in [-0.2, -0.15) is 0 Å². The van der Waals surface area contributed by atoms with E-state index in [4.69, 9.17) is 5.11 Å². The second-order valence-corrected chi connectivity index (χ2v) is 5.75. The Morgan fingerprint density at radius 3 is 2.96 bits per heavy atom. The molecule has 0 aliphatic rings. The number of carboxylic acids is 1. The van der Waals surface area contributed by atoms with Crippen molar-refractivity contribution in [3.05, 3.63) is 47.7 Å². The van der Waals surface area contributed by atoms with Crippen LogP contribution in [0.4, 0.5) is 0 Å². The van der Waals surface area contributed by atoms with E-state index in [0.717, 1.165) is 21.3 Å². The van der Waals surface area contributed by atoms with Crippen molar-refractivity contribution in [1.29, 1.82) is 0 Å². The van der Waals surface area contributed by atoms with E-state index >= 15 is 0 Å². The third-order valence-electron chi connectivity index (χ3n) is 3.24. The number of thiazole rings is 1. The zero-order valence-electron chi connectivity index (χ0n) is 12.0. The fourth-order valence-electron chi connectivity index (χ4n) is 2.21. The van der Waals surface area contributed by atoms with E-state index in [-0.39, 0.29) is 18.9 Å². The number of hydrogen-bond acceptors (Lipinski definition) is 5. The maximum Gasteiger partial charge on any atom is 0.322 e. The van der Waals surface area contributed by atoms with Crippen molar-refractivity contribution in [2.75, 3.05) is 6.54 Å². The minimum atomic E-state index is -1.07. The van der Waals surface area contributed by atoms with E-state index in [2.05, 4.69) is 15.3 Å². The molecule has 0 spiro atoms. The highest BCUT2D eigenvalue weighted by Gasteiger charge is 2.11. The fraction of sp³-hybridized carbons (Fsp3) is 0.125. The van der Waals surface area contributed by atoms with E-state index in [1.807, 2.05) is 29.6 Å². The summed E-state index contributed by atoms with van der Waals surface area (Å²) in [5, 5.41) is 15.6. The minimum Gasteiger partial charge on any atom is -0.480 e. The van der Waals surface area contributed by atoms with E-state index in [0.29, 0.717) is 5.69 Å². The van der Waals surface area contributed by atoms with Crippen LogP contribution in [0.1, 0.15) is 5.69 Å². The number of carbonyl (C=O) groups is 2. The lowest BCUT2D eigenvalue weighted by atomic mass is 10.1. The fourth-order valence-corrected chi connectivity index (χ4v) is 3.07. The lowest BCUT2D eigenvalue weighted by Crippen LogP contribution is -2.30. The van der Waals surface area contributed by atoms with Crippen LogP contribution in [-0.2, 0) is 16.0 Å². The van der Waals surface area contributed by atoms with Crippen molar-refractivity contribution >= 4 is 34.0 Å². The zero-order chi connectivity index (χ0) is 16.2. The first-order valence-electron chi connectivity index (χ1n) is 6.89. The predicted molar refractivity (Wildman–Crippen MR) is 87.2 cm³/mol. The molecule has 116 valence electrons. The largest absolute Gasteiger partial charge is 0.480 e. The van der Waals surface area contributed by atoms with Crippen LogP contribution in [0.15, 0.2) is 42.0 Å². The van der Waals surface area contributed by atoms with Crippen LogP contribution in [-0.4, -0.2) is 33.5 Å². The van der Waals surface area contributed by atoms with Gasteiger partial charge in [0.05, 0.1) is 12.1 Å². The summed E-state index contributed by atoms with van der Waals surface area (Å²) in [5.41, 5.74) is 1.59. The number of aliphatic carboxylic acids is 1. The van der Waals surface area contributed by atoms with Gasteiger partial charge >= 0.3 is 5.97 Å². The average molecular weight is 327 g/mol. The molecule has 0 unspecified atom stereocenters. The van der Waals surface area contributed by atoms with Crippen LogP contribution < -0.4 is 5.32 Å². The molecule has 2 aromatic heterocycles. The second-order valence-electron chi connectivity index (χ2n) is 4.89. The monoisotopic (exact) mass is 327 g/mol. The average Bonchev–Trinajstić information content (AvgIpc) is 3.00. The molecule has 23 heavy (non-hydrogen) atoms. The Kier molecular flexibility index (Phi) is 4.29. The van der Waals surface area contributed by atoms with E-state index in [1.54, 1.807) is 12.4 Å². The molecule has 0 fully saturated rings. The highest BCUT2D eigenvalue weighted by molar-refractivity contribution is 7.13. The number of nitrogens with zero attached hydrogens (tertiary/aromatic N) is 2. The van der Waals surface area contributed by atoms with Crippen molar-refractivity contribution in [3.63, 3.8) is 0 Å². The maximum absolute atomic E-state index is 11.7. The first kappa shape index (κ1) is 15.1. The molecular formula is C16H13N3O3S. The minimum absolute atomic E-state index is 0.0623. The first-order valence-corrected chi connectivity index (χ1v) is 7.77. The molecule has 0 saturated heterocycles. The lowest BCUT2D eigenvalue weighted by molar-refractivity contribution is -0.137. The smallest absolute Gasteiger partial charge is 0.322 e. The van der Waals surface area contributed by atoms with E-state index < -0.39 is 5.97 Å². The van der Waals surface area contributed by atoms with Gasteiger partial charge in [-0.3, -0.25) is 14.6 Å². The van der Waals surface area contributed by atoms with Gasteiger partial charge in [-0.1, -0.05) is 18.2 Å². The first-order chi connectivity index (χ1) is 11.1. The second kappa shape index (κ2) is 6.53. The van der Waals surface area contributed by atoms with E-state index in [1.165, 1.54) is 11.3 Å². The lowest BCUT2D eigenvalue weighted by Gasteiger charge is -2.02. The molecule has 2 N–H and O–H groups in total. The molecule has 1 amide bonds. The van der Waals surface area contributed by atoms with Crippen LogP contribution in [0.5, 0.6) is 0 Å². The number of carboxylic acid groups (broad SMARTS) is 1. The molecule has 0 aliphatic carbocycles. The summed E-state index contributed by atoms with van der Waals surface area (Å²) in [7, 11) is 0. The van der Waals surface area contributed by atoms with Gasteiger partial charge in [-0.25, -0.2) is 4.98 Å². The van der Waals surface area contributed by atoms with Crippen LogP contribution in [0.25, 0.3) is 21.3 Å². The zero-order valence-corrected chi connectivity index (χ0v) is 12.8. The number of benzene rings is 1. The Morgan fingerprint density at radius 1 is 1.26 bits per heavy atom. The van der Waals surface area contributed by atoms with Gasteiger partial charge in [-0.05, 0) is 11.5 Å². The number of amides is 1. The number of fused-ring (bicyclic) bond motifs is 1. The van der Waals surface area contributed by atoms with Crippen LogP contribution in [0.2, 0.25) is 0 Å². The van der Waals surface area contributed by atoms with Gasteiger partial charge in [0, 0.05) is 28.7 Å². The number of pyridine rings is 1. The van der Waals surface area contributed by atoms with Crippen molar-refractivity contribution in [1.82, 2.24) is 15.3 Å². The SMILES string of the molecule is O=C(O)CNC(=O)Cc1csc(-c2cccc3ccncc23)n1. The highest BCUT2D eigenvalue weighted by atomic mass is 32.1. The Morgan fingerprint density at radius 2 is 2.13 bits per heavy atom. The molecule has 0 bridgehead atoms. The Balaban J connectivity index is 1.81. The summed E-state index contributed by atoms with van der Waals surface area (Å²) in [6.45, 7) is -0.384. The molecule has 3 aromatic rings. The van der Waals surface area contributed by atoms with Gasteiger partial charge in [-0.15, -0.1) is 11.3 Å². The third kappa shape index (κ3) is 3.51. The number of aromatic nitrogens is 2. The Labute approximate surface area is 135 Å². The van der Waals surface area contributed by atoms with Crippen LogP contribution >= 0.6 is 11.3 Å². The molecule has 7 heteroatoms. The van der Waals surface area contributed by atoms with Gasteiger partial charge in [0.1, 0.15) is 11.6 Å². The van der Waals surface area contributed by atoms with Gasteiger partial charge < -0.3 is 10.4 Å². The number of carbonyl (C=O) groups excluding carboxylic acids is 1. The summed E-state index contributed by atoms with van der Waals surface area (Å²) in [6, 6.07) is 7.87. The highest BCUT2D eigenvalue weighted by Crippen LogP contribution is 2.30. The maximum atomic E-state index is 11.7. The normalized spacial score (nSPS) is 10.6. The molecule has 0 radical (unpaired) electrons. The van der Waals surface area contributed by atoms with Crippen molar-refractivity contribution in [3.8, 4) is 10.6 Å². The summed E-state index contributed by atoms with van der Waals surface area (Å²) in [6.07, 6.45) is 3.60. The molecule has 0 aliphatic heterocycles. The molecule has 3 rings (SSSR count). The molecule has 2 heterocycles. The molecular weight excluding hydrogens is 314 g/mol. The summed E-state index contributed by atoms with van der Waals surface area (Å²) in [5.74, 6) is -1.43. The summed E-state index contributed by atoms with van der Waals surface area (Å²) >= 11 is 1.45. The van der Waals surface area contributed by atoms with Crippen molar-refractivity contribution < 1.29 is 14.7 Å². The van der Waals surface area contributed by atoms with Gasteiger partial charge in [0.2, 0.25) is 5.91 Å². The number of nitrogens with one attached hydrogen (secondary N) is 1. The summed E-state index contributed by atoms with van der Waals surface area (Å²) < 4.78 is 0. The van der Waals surface area contributed by atoms with Crippen LogP contribution in [0, 0.1) is 0 Å². The Hall–Kier alpha value is -2.80. The molecule has 6 nitrogen and oxygen atoms in total. The predicted octanol–water partition coefficient (Wildman–Crippen LogP) is 2.10. The van der Waals surface area contributed by atoms with Gasteiger partial charge in [0.15, 0.2) is 0 Å². The molecule has 1 aromatic carbocycles. The van der Waals surface area contributed by atoms with Crippen LogP contribution in [0.3, 0.4) is 0 Å². The van der Waals surface area contributed by atoms with Crippen molar-refractivity contribution in [2.45, 2.75) is 6.42 Å². The van der Waals surface area contributed by atoms with Crippen molar-refractivity contribution in [2.24, 2.45) is 0 Å². The number of rotatable bonds is 5. The Bertz CT molecular complexity index is 870. The van der Waals surface area contributed by atoms with E-state index in [9.17, 15) is 9.59 Å².